The molecule has 0 fully saturated rings. The van der Waals surface area contributed by atoms with Crippen molar-refractivity contribution in [2.75, 3.05) is 11.1 Å². The number of nitrogens with zero attached hydrogens (tertiary/aromatic N) is 2. The Balaban J connectivity index is 2.02. The van der Waals surface area contributed by atoms with Crippen LogP contribution in [0.15, 0.2) is 29.4 Å². The fourth-order valence-corrected chi connectivity index (χ4v) is 2.27. The van der Waals surface area contributed by atoms with Crippen LogP contribution in [-0.2, 0) is 11.0 Å². The van der Waals surface area contributed by atoms with Gasteiger partial charge in [0.1, 0.15) is 0 Å². The molecule has 0 saturated heterocycles. The number of halogens is 3. The van der Waals surface area contributed by atoms with Gasteiger partial charge in [-0.2, -0.15) is 18.2 Å². The lowest BCUT2D eigenvalue weighted by molar-refractivity contribution is -0.137. The second kappa shape index (κ2) is 6.26. The Hall–Kier alpha value is -2.23. The van der Waals surface area contributed by atoms with Crippen molar-refractivity contribution in [3.05, 3.63) is 29.8 Å². The van der Waals surface area contributed by atoms with Gasteiger partial charge in [-0.3, -0.25) is 4.79 Å². The number of hydrogen-bond donors (Lipinski definition) is 3. The molecule has 0 radical (unpaired) electrons. The van der Waals surface area contributed by atoms with E-state index in [-0.39, 0.29) is 16.8 Å². The third kappa shape index (κ3) is 4.13. The maximum absolute atomic E-state index is 12.6. The first-order valence-corrected chi connectivity index (χ1v) is 6.96. The van der Waals surface area contributed by atoms with Gasteiger partial charge in [0, 0.05) is 5.69 Å². The van der Waals surface area contributed by atoms with Crippen molar-refractivity contribution in [1.82, 2.24) is 15.2 Å². The second-order valence-corrected chi connectivity index (χ2v) is 5.64. The number of amides is 1. The molecule has 4 N–H and O–H groups in total. The van der Waals surface area contributed by atoms with E-state index in [0.717, 1.165) is 23.9 Å². The number of nitrogen functional groups attached to an aromatic ring is 1. The van der Waals surface area contributed by atoms with Crippen molar-refractivity contribution in [1.29, 1.82) is 0 Å². The Labute approximate surface area is 127 Å². The number of rotatable bonds is 4. The van der Waals surface area contributed by atoms with Gasteiger partial charge >= 0.3 is 6.18 Å². The molecule has 1 atom stereocenters. The Bertz CT molecular complexity index is 673. The molecule has 2 rings (SSSR count). The molecule has 10 heteroatoms. The van der Waals surface area contributed by atoms with Gasteiger partial charge < -0.3 is 11.1 Å². The Morgan fingerprint density at radius 1 is 1.45 bits per heavy atom. The third-order valence-electron chi connectivity index (χ3n) is 2.59. The van der Waals surface area contributed by atoms with Gasteiger partial charge in [0.05, 0.1) is 10.8 Å². The van der Waals surface area contributed by atoms with Gasteiger partial charge in [0.15, 0.2) is 0 Å². The lowest BCUT2D eigenvalue weighted by Crippen LogP contribution is -2.22. The number of aromatic nitrogens is 3. The van der Waals surface area contributed by atoms with Crippen LogP contribution in [0.25, 0.3) is 0 Å². The Kier molecular flexibility index (Phi) is 4.59. The molecule has 0 saturated carbocycles. The maximum atomic E-state index is 12.6. The normalized spacial score (nSPS) is 12.9. The van der Waals surface area contributed by atoms with Crippen LogP contribution in [0.5, 0.6) is 0 Å². The molecular weight excluding hydrogens is 319 g/mol. The molecule has 0 unspecified atom stereocenters. The highest BCUT2D eigenvalue weighted by atomic mass is 32.2. The molecule has 2 aromatic rings. The summed E-state index contributed by atoms with van der Waals surface area (Å²) >= 11 is 1.03. The Morgan fingerprint density at radius 2 is 2.18 bits per heavy atom. The molecule has 1 aromatic heterocycles. The van der Waals surface area contributed by atoms with Gasteiger partial charge in [-0.1, -0.05) is 17.8 Å². The lowest BCUT2D eigenvalue weighted by atomic mass is 10.2. The number of hydrogen-bond acceptors (Lipinski definition) is 5. The number of carbonyl (C=O) groups is 1. The minimum absolute atomic E-state index is 0.0711. The van der Waals surface area contributed by atoms with Crippen LogP contribution in [0.2, 0.25) is 0 Å². The summed E-state index contributed by atoms with van der Waals surface area (Å²) in [4.78, 5) is 15.8. The van der Waals surface area contributed by atoms with Crippen LogP contribution in [-0.4, -0.2) is 26.3 Å². The summed E-state index contributed by atoms with van der Waals surface area (Å²) in [5.74, 6) is -0.347. The van der Waals surface area contributed by atoms with Crippen LogP contribution in [0.3, 0.4) is 0 Å². The zero-order chi connectivity index (χ0) is 16.3. The predicted octanol–water partition coefficient (Wildman–Crippen LogP) is 2.53. The van der Waals surface area contributed by atoms with Crippen LogP contribution in [0.4, 0.5) is 24.8 Å². The van der Waals surface area contributed by atoms with Crippen molar-refractivity contribution in [3.8, 4) is 0 Å². The molecule has 22 heavy (non-hydrogen) atoms. The highest BCUT2D eigenvalue weighted by molar-refractivity contribution is 8.00. The highest BCUT2D eigenvalue weighted by Gasteiger charge is 2.30. The van der Waals surface area contributed by atoms with E-state index in [0.29, 0.717) is 0 Å². The zero-order valence-electron chi connectivity index (χ0n) is 11.3. The van der Waals surface area contributed by atoms with Crippen molar-refractivity contribution in [2.45, 2.75) is 23.5 Å². The van der Waals surface area contributed by atoms with E-state index in [1.807, 2.05) is 0 Å². The summed E-state index contributed by atoms with van der Waals surface area (Å²) < 4.78 is 37.8. The summed E-state index contributed by atoms with van der Waals surface area (Å²) in [6, 6.07) is 4.42. The van der Waals surface area contributed by atoms with Crippen molar-refractivity contribution < 1.29 is 18.0 Å². The van der Waals surface area contributed by atoms with E-state index in [2.05, 4.69) is 20.5 Å². The molecule has 6 nitrogen and oxygen atoms in total. The van der Waals surface area contributed by atoms with Gasteiger partial charge in [-0.05, 0) is 25.1 Å². The molecule has 0 spiro atoms. The number of thioether (sulfide) groups is 1. The number of carbonyl (C=O) groups excluding carboxylic acids is 1. The smallest absolute Gasteiger partial charge is 0.368 e. The monoisotopic (exact) mass is 331 g/mol. The first kappa shape index (κ1) is 16.1. The highest BCUT2D eigenvalue weighted by Crippen LogP contribution is 2.31. The first-order valence-electron chi connectivity index (χ1n) is 6.08. The first-order chi connectivity index (χ1) is 10.3. The van der Waals surface area contributed by atoms with E-state index in [4.69, 9.17) is 5.73 Å². The minimum Gasteiger partial charge on any atom is -0.368 e. The average molecular weight is 331 g/mol. The van der Waals surface area contributed by atoms with Gasteiger partial charge in [-0.25, -0.2) is 5.10 Å². The quantitative estimate of drug-likeness (QED) is 0.748. The number of anilines is 2. The number of H-pyrrole nitrogens is 1. The van der Waals surface area contributed by atoms with Crippen molar-refractivity contribution in [3.63, 3.8) is 0 Å². The molecule has 1 aromatic carbocycles. The zero-order valence-corrected chi connectivity index (χ0v) is 12.1. The van der Waals surface area contributed by atoms with Crippen LogP contribution in [0, 0.1) is 0 Å². The summed E-state index contributed by atoms with van der Waals surface area (Å²) in [6.45, 7) is 1.58. The minimum atomic E-state index is -4.46. The standard InChI is InChI=1S/C12H12F3N5OS/c1-6(22-11-18-10(16)19-20-11)9(21)17-8-4-2-3-7(5-8)12(13,14)15/h2-6H,1H3,(H,17,21)(H3,16,18,19,20)/t6-/m0/s1. The fourth-order valence-electron chi connectivity index (χ4n) is 1.54. The molecule has 118 valence electrons. The SMILES string of the molecule is C[C@H](Sc1n[nH]c(N)n1)C(=O)Nc1cccc(C(F)(F)F)c1. The van der Waals surface area contributed by atoms with Crippen molar-refractivity contribution in [2.24, 2.45) is 0 Å². The topological polar surface area (TPSA) is 96.7 Å². The predicted molar refractivity (Wildman–Crippen MR) is 76.2 cm³/mol. The van der Waals surface area contributed by atoms with Gasteiger partial charge in [0.2, 0.25) is 17.0 Å². The van der Waals surface area contributed by atoms with Gasteiger partial charge in [0.25, 0.3) is 0 Å². The number of alkyl halides is 3. The van der Waals surface area contributed by atoms with E-state index < -0.39 is 22.9 Å². The number of nitrogens with two attached hydrogens (primary N) is 1. The molecule has 0 aliphatic rings. The summed E-state index contributed by atoms with van der Waals surface area (Å²) in [5, 5.41) is 8.29. The average Bonchev–Trinajstić information content (AvgIpc) is 2.83. The molecular formula is C12H12F3N5OS. The molecule has 0 aliphatic heterocycles. The van der Waals surface area contributed by atoms with E-state index in [1.54, 1.807) is 6.92 Å². The Morgan fingerprint density at radius 3 is 2.77 bits per heavy atom. The largest absolute Gasteiger partial charge is 0.416 e. The number of aromatic amines is 1. The van der Waals surface area contributed by atoms with Gasteiger partial charge in [-0.15, -0.1) is 5.10 Å². The van der Waals surface area contributed by atoms with E-state index in [1.165, 1.54) is 12.1 Å². The van der Waals surface area contributed by atoms with Crippen LogP contribution in [0.1, 0.15) is 12.5 Å². The fraction of sp³-hybridized carbons (Fsp3) is 0.250. The van der Waals surface area contributed by atoms with E-state index in [9.17, 15) is 18.0 Å². The van der Waals surface area contributed by atoms with Crippen LogP contribution < -0.4 is 11.1 Å². The molecule has 0 aliphatic carbocycles. The van der Waals surface area contributed by atoms with Crippen LogP contribution >= 0.6 is 11.8 Å². The molecule has 0 bridgehead atoms. The summed E-state index contributed by atoms with van der Waals surface area (Å²) in [5.41, 5.74) is 4.61. The summed E-state index contributed by atoms with van der Waals surface area (Å²) in [6.07, 6.45) is -4.46. The third-order valence-corrected chi connectivity index (χ3v) is 3.55. The molecule has 1 amide bonds. The molecule has 1 heterocycles. The lowest BCUT2D eigenvalue weighted by Gasteiger charge is -2.12. The summed E-state index contributed by atoms with van der Waals surface area (Å²) in [7, 11) is 0. The second-order valence-electron chi connectivity index (χ2n) is 4.33. The van der Waals surface area contributed by atoms with E-state index >= 15 is 0 Å². The number of nitrogens with one attached hydrogen (secondary N) is 2. The maximum Gasteiger partial charge on any atom is 0.416 e. The van der Waals surface area contributed by atoms with Crippen molar-refractivity contribution >= 4 is 29.3 Å². The number of benzene rings is 1.